The van der Waals surface area contributed by atoms with Crippen molar-refractivity contribution < 1.29 is 19.1 Å². The van der Waals surface area contributed by atoms with E-state index in [1.807, 2.05) is 38.1 Å². The van der Waals surface area contributed by atoms with Crippen molar-refractivity contribution in [2.45, 2.75) is 20.3 Å². The summed E-state index contributed by atoms with van der Waals surface area (Å²) in [6, 6.07) is 11.3. The van der Waals surface area contributed by atoms with E-state index in [9.17, 15) is 9.59 Å². The zero-order valence-corrected chi connectivity index (χ0v) is 15.5. The molecule has 0 bridgehead atoms. The van der Waals surface area contributed by atoms with Crippen LogP contribution in [0.3, 0.4) is 0 Å². The summed E-state index contributed by atoms with van der Waals surface area (Å²) in [5.74, 6) is 0.740. The number of fused-ring (bicyclic) bond motifs is 1. The second-order valence-corrected chi connectivity index (χ2v) is 7.04. The van der Waals surface area contributed by atoms with Gasteiger partial charge in [0.05, 0.1) is 5.92 Å². The first-order valence-corrected chi connectivity index (χ1v) is 9.09. The smallest absolute Gasteiger partial charge is 0.229 e. The highest BCUT2D eigenvalue weighted by molar-refractivity contribution is 6.03. The number of hydrogen-bond donors (Lipinski definition) is 1. The van der Waals surface area contributed by atoms with Crippen LogP contribution in [0.4, 0.5) is 11.4 Å². The summed E-state index contributed by atoms with van der Waals surface area (Å²) < 4.78 is 11.1. The summed E-state index contributed by atoms with van der Waals surface area (Å²) in [6.07, 6.45) is 0.200. The summed E-state index contributed by atoms with van der Waals surface area (Å²) in [5.41, 5.74) is 3.67. The van der Waals surface area contributed by atoms with Crippen LogP contribution in [-0.2, 0) is 9.59 Å². The van der Waals surface area contributed by atoms with Gasteiger partial charge in [-0.05, 0) is 37.6 Å². The number of ether oxygens (including phenoxy) is 2. The first-order valence-electron chi connectivity index (χ1n) is 9.09. The number of hydrogen-bond acceptors (Lipinski definition) is 4. The van der Waals surface area contributed by atoms with Gasteiger partial charge in [-0.25, -0.2) is 0 Å². The van der Waals surface area contributed by atoms with Gasteiger partial charge >= 0.3 is 0 Å². The van der Waals surface area contributed by atoms with Crippen molar-refractivity contribution in [1.29, 1.82) is 0 Å². The van der Waals surface area contributed by atoms with Crippen molar-refractivity contribution in [3.63, 3.8) is 0 Å². The molecule has 1 atom stereocenters. The fraction of sp³-hybridized carbons (Fsp3) is 0.333. The molecule has 1 N–H and O–H groups in total. The molecule has 140 valence electrons. The summed E-state index contributed by atoms with van der Waals surface area (Å²) in [6.45, 7) is 5.35. The van der Waals surface area contributed by atoms with Crippen LogP contribution in [0.5, 0.6) is 11.5 Å². The van der Waals surface area contributed by atoms with Crippen LogP contribution in [0.15, 0.2) is 36.4 Å². The van der Waals surface area contributed by atoms with Crippen molar-refractivity contribution in [3.8, 4) is 11.5 Å². The average Bonchev–Trinajstić information content (AvgIpc) is 3.05. The second-order valence-electron chi connectivity index (χ2n) is 7.04. The van der Waals surface area contributed by atoms with Gasteiger partial charge < -0.3 is 19.7 Å². The van der Waals surface area contributed by atoms with Crippen LogP contribution >= 0.6 is 0 Å². The molecule has 4 rings (SSSR count). The highest BCUT2D eigenvalue weighted by Crippen LogP contribution is 2.36. The first kappa shape index (κ1) is 17.4. The summed E-state index contributed by atoms with van der Waals surface area (Å²) in [7, 11) is 0. The van der Waals surface area contributed by atoms with E-state index < -0.39 is 0 Å². The van der Waals surface area contributed by atoms with Crippen molar-refractivity contribution in [3.05, 3.63) is 47.5 Å². The normalized spacial score (nSPS) is 18.5. The van der Waals surface area contributed by atoms with Gasteiger partial charge in [0.25, 0.3) is 0 Å². The van der Waals surface area contributed by atoms with Crippen LogP contribution in [0.1, 0.15) is 17.5 Å². The fourth-order valence-corrected chi connectivity index (χ4v) is 3.52. The topological polar surface area (TPSA) is 67.9 Å². The minimum Gasteiger partial charge on any atom is -0.486 e. The molecule has 2 aromatic carbocycles. The Morgan fingerprint density at radius 3 is 2.63 bits per heavy atom. The van der Waals surface area contributed by atoms with Crippen LogP contribution in [0.25, 0.3) is 0 Å². The van der Waals surface area contributed by atoms with Crippen molar-refractivity contribution in [2.75, 3.05) is 30.0 Å². The van der Waals surface area contributed by atoms with E-state index in [0.717, 1.165) is 22.5 Å². The van der Waals surface area contributed by atoms with E-state index >= 15 is 0 Å². The third-order valence-corrected chi connectivity index (χ3v) is 4.97. The van der Waals surface area contributed by atoms with Crippen LogP contribution in [0, 0.1) is 19.8 Å². The Morgan fingerprint density at radius 1 is 1.07 bits per heavy atom. The lowest BCUT2D eigenvalue weighted by Crippen LogP contribution is -2.28. The molecule has 2 aliphatic heterocycles. The summed E-state index contributed by atoms with van der Waals surface area (Å²) in [5, 5.41) is 2.96. The molecule has 2 aliphatic rings. The number of amides is 2. The van der Waals surface area contributed by atoms with Crippen molar-refractivity contribution in [1.82, 2.24) is 0 Å². The van der Waals surface area contributed by atoms with Gasteiger partial charge in [0, 0.05) is 30.4 Å². The molecule has 27 heavy (non-hydrogen) atoms. The van der Waals surface area contributed by atoms with Gasteiger partial charge in [-0.3, -0.25) is 9.59 Å². The van der Waals surface area contributed by atoms with Gasteiger partial charge in [-0.1, -0.05) is 17.7 Å². The number of nitrogens with one attached hydrogen (secondary N) is 1. The number of nitrogens with zero attached hydrogens (tertiary/aromatic N) is 1. The maximum Gasteiger partial charge on any atom is 0.229 e. The minimum absolute atomic E-state index is 0.0625. The molecule has 0 aromatic heterocycles. The SMILES string of the molecule is Cc1ccc(NC(=O)[C@H]2CC(=O)N(c3ccc4c(c3)OCCO4)C2)c(C)c1. The standard InChI is InChI=1S/C21H22N2O4/c1-13-3-5-17(14(2)9-13)22-21(25)15-10-20(24)23(12-15)16-4-6-18-19(11-16)27-8-7-26-18/h3-6,9,11,15H,7-8,10,12H2,1-2H3,(H,22,25)/t15-/m0/s1. The van der Waals surface area contributed by atoms with E-state index in [1.54, 1.807) is 17.0 Å². The molecular weight excluding hydrogens is 344 g/mol. The van der Waals surface area contributed by atoms with E-state index in [2.05, 4.69) is 5.32 Å². The van der Waals surface area contributed by atoms with Crippen LogP contribution < -0.4 is 19.7 Å². The predicted octanol–water partition coefficient (Wildman–Crippen LogP) is 3.07. The molecule has 0 saturated carbocycles. The number of anilines is 2. The third kappa shape index (κ3) is 3.47. The monoisotopic (exact) mass is 366 g/mol. The molecular formula is C21H22N2O4. The zero-order valence-electron chi connectivity index (χ0n) is 15.5. The maximum atomic E-state index is 12.7. The second kappa shape index (κ2) is 6.95. The summed E-state index contributed by atoms with van der Waals surface area (Å²) in [4.78, 5) is 26.8. The molecule has 0 unspecified atom stereocenters. The Kier molecular flexibility index (Phi) is 4.48. The number of benzene rings is 2. The molecule has 6 nitrogen and oxygen atoms in total. The lowest BCUT2D eigenvalue weighted by atomic mass is 10.1. The molecule has 2 heterocycles. The van der Waals surface area contributed by atoms with E-state index in [4.69, 9.17) is 9.47 Å². The molecule has 0 spiro atoms. The molecule has 0 aliphatic carbocycles. The Balaban J connectivity index is 1.48. The largest absolute Gasteiger partial charge is 0.486 e. The Bertz CT molecular complexity index is 909. The van der Waals surface area contributed by atoms with Gasteiger partial charge in [-0.15, -0.1) is 0 Å². The summed E-state index contributed by atoms with van der Waals surface area (Å²) >= 11 is 0. The lowest BCUT2D eigenvalue weighted by molar-refractivity contribution is -0.122. The minimum atomic E-state index is -0.383. The molecule has 0 radical (unpaired) electrons. The molecule has 2 aromatic rings. The molecule has 1 saturated heterocycles. The van der Waals surface area contributed by atoms with Crippen molar-refractivity contribution in [2.24, 2.45) is 5.92 Å². The Morgan fingerprint density at radius 2 is 1.85 bits per heavy atom. The number of carbonyl (C=O) groups is 2. The van der Waals surface area contributed by atoms with Crippen LogP contribution in [-0.4, -0.2) is 31.6 Å². The lowest BCUT2D eigenvalue weighted by Gasteiger charge is -2.22. The molecule has 2 amide bonds. The number of rotatable bonds is 3. The van der Waals surface area contributed by atoms with E-state index in [1.165, 1.54) is 0 Å². The quantitative estimate of drug-likeness (QED) is 0.907. The zero-order chi connectivity index (χ0) is 19.0. The molecule has 1 fully saturated rings. The Labute approximate surface area is 158 Å². The van der Waals surface area contributed by atoms with Gasteiger partial charge in [0.1, 0.15) is 13.2 Å². The van der Waals surface area contributed by atoms with Gasteiger partial charge in [-0.2, -0.15) is 0 Å². The number of aryl methyl sites for hydroxylation is 2. The molecule has 6 heteroatoms. The average molecular weight is 366 g/mol. The van der Waals surface area contributed by atoms with Crippen molar-refractivity contribution >= 4 is 23.2 Å². The van der Waals surface area contributed by atoms with E-state index in [-0.39, 0.29) is 24.2 Å². The predicted molar refractivity (Wildman–Crippen MR) is 102 cm³/mol. The van der Waals surface area contributed by atoms with E-state index in [0.29, 0.717) is 31.3 Å². The van der Waals surface area contributed by atoms with Crippen LogP contribution in [0.2, 0.25) is 0 Å². The highest BCUT2D eigenvalue weighted by atomic mass is 16.6. The highest BCUT2D eigenvalue weighted by Gasteiger charge is 2.35. The fourth-order valence-electron chi connectivity index (χ4n) is 3.52. The Hall–Kier alpha value is -3.02. The third-order valence-electron chi connectivity index (χ3n) is 4.97. The first-order chi connectivity index (χ1) is 13.0. The maximum absolute atomic E-state index is 12.7. The van der Waals surface area contributed by atoms with Gasteiger partial charge in [0.15, 0.2) is 11.5 Å². The van der Waals surface area contributed by atoms with Gasteiger partial charge in [0.2, 0.25) is 11.8 Å². The number of carbonyl (C=O) groups excluding carboxylic acids is 2.